The number of nitrogens with zero attached hydrogens (tertiary/aromatic N) is 3. The molecule has 0 aliphatic carbocycles. The van der Waals surface area contributed by atoms with Gasteiger partial charge in [-0.05, 0) is 30.3 Å². The molecule has 140 valence electrons. The van der Waals surface area contributed by atoms with E-state index in [1.54, 1.807) is 6.07 Å². The normalized spacial score (nSPS) is 11.2. The minimum atomic E-state index is -0.165. The van der Waals surface area contributed by atoms with Gasteiger partial charge in [-0.3, -0.25) is 4.79 Å². The molecule has 6 heteroatoms. The highest BCUT2D eigenvalue weighted by Crippen LogP contribution is 2.28. The molecule has 0 fully saturated rings. The Morgan fingerprint density at radius 3 is 2.41 bits per heavy atom. The van der Waals surface area contributed by atoms with Gasteiger partial charge < -0.3 is 4.98 Å². The first kappa shape index (κ1) is 17.5. The van der Waals surface area contributed by atoms with Crippen molar-refractivity contribution in [2.75, 3.05) is 0 Å². The van der Waals surface area contributed by atoms with Crippen molar-refractivity contribution in [2.45, 2.75) is 6.42 Å². The highest BCUT2D eigenvalue weighted by atomic mass is 35.5. The Morgan fingerprint density at radius 2 is 1.55 bits per heavy atom. The van der Waals surface area contributed by atoms with Crippen molar-refractivity contribution < 1.29 is 0 Å². The SMILES string of the molecule is O=c1[nH]c(Cc2nc(-c3ccccc3)c3cc(Cl)ccc3n2)nc2ccccc12. The summed E-state index contributed by atoms with van der Waals surface area (Å²) < 4.78 is 0. The van der Waals surface area contributed by atoms with E-state index in [2.05, 4.69) is 15.0 Å². The molecule has 0 unspecified atom stereocenters. The summed E-state index contributed by atoms with van der Waals surface area (Å²) in [6.07, 6.45) is 0.318. The van der Waals surface area contributed by atoms with E-state index < -0.39 is 0 Å². The lowest BCUT2D eigenvalue weighted by atomic mass is 10.1. The van der Waals surface area contributed by atoms with E-state index in [1.165, 1.54) is 0 Å². The molecular weight excluding hydrogens is 384 g/mol. The maximum atomic E-state index is 12.4. The molecule has 0 bridgehead atoms. The lowest BCUT2D eigenvalue weighted by Crippen LogP contribution is -2.13. The standard InChI is InChI=1S/C23H15ClN4O/c24-15-10-11-19-17(12-15)22(14-6-2-1-3-7-14)27-20(26-19)13-21-25-18-9-5-4-8-16(18)23(29)28-21/h1-12H,13H2,(H,25,28,29). The highest BCUT2D eigenvalue weighted by Gasteiger charge is 2.12. The van der Waals surface area contributed by atoms with Gasteiger partial charge in [0, 0.05) is 16.0 Å². The van der Waals surface area contributed by atoms with Crippen molar-refractivity contribution in [1.29, 1.82) is 0 Å². The number of aromatic nitrogens is 4. The van der Waals surface area contributed by atoms with Crippen LogP contribution in [0.3, 0.4) is 0 Å². The molecule has 0 saturated carbocycles. The number of halogens is 1. The summed E-state index contributed by atoms with van der Waals surface area (Å²) in [7, 11) is 0. The molecule has 0 amide bonds. The number of aromatic amines is 1. The molecule has 2 aromatic heterocycles. The van der Waals surface area contributed by atoms with Gasteiger partial charge in [-0.1, -0.05) is 54.1 Å². The monoisotopic (exact) mass is 398 g/mol. The molecule has 0 aliphatic heterocycles. The van der Waals surface area contributed by atoms with Crippen molar-refractivity contribution in [2.24, 2.45) is 0 Å². The largest absolute Gasteiger partial charge is 0.310 e. The van der Waals surface area contributed by atoms with Crippen molar-refractivity contribution in [3.63, 3.8) is 0 Å². The number of hydrogen-bond acceptors (Lipinski definition) is 4. The predicted octanol–water partition coefficient (Wildman–Crippen LogP) is 4.78. The zero-order valence-electron chi connectivity index (χ0n) is 15.3. The van der Waals surface area contributed by atoms with E-state index in [1.807, 2.05) is 66.7 Å². The van der Waals surface area contributed by atoms with Gasteiger partial charge in [-0.2, -0.15) is 0 Å². The summed E-state index contributed by atoms with van der Waals surface area (Å²) in [5, 5.41) is 2.08. The van der Waals surface area contributed by atoms with Crippen molar-refractivity contribution in [3.8, 4) is 11.3 Å². The van der Waals surface area contributed by atoms with Gasteiger partial charge in [0.2, 0.25) is 0 Å². The Bertz CT molecular complexity index is 1410. The number of H-pyrrole nitrogens is 1. The van der Waals surface area contributed by atoms with Crippen LogP contribution in [0.15, 0.2) is 77.6 Å². The second-order valence-electron chi connectivity index (χ2n) is 6.72. The van der Waals surface area contributed by atoms with Gasteiger partial charge in [-0.15, -0.1) is 0 Å². The van der Waals surface area contributed by atoms with Crippen LogP contribution in [-0.4, -0.2) is 19.9 Å². The van der Waals surface area contributed by atoms with Gasteiger partial charge in [0.25, 0.3) is 5.56 Å². The van der Waals surface area contributed by atoms with E-state index in [4.69, 9.17) is 16.6 Å². The maximum absolute atomic E-state index is 12.4. The molecule has 29 heavy (non-hydrogen) atoms. The van der Waals surface area contributed by atoms with E-state index in [9.17, 15) is 4.79 Å². The van der Waals surface area contributed by atoms with E-state index in [0.717, 1.165) is 22.2 Å². The van der Waals surface area contributed by atoms with Gasteiger partial charge in [0.05, 0.1) is 28.5 Å². The van der Waals surface area contributed by atoms with Crippen LogP contribution in [0.1, 0.15) is 11.6 Å². The van der Waals surface area contributed by atoms with Crippen LogP contribution in [0, 0.1) is 0 Å². The van der Waals surface area contributed by atoms with Gasteiger partial charge in [0.15, 0.2) is 0 Å². The molecule has 0 spiro atoms. The second kappa shape index (κ2) is 7.11. The summed E-state index contributed by atoms with van der Waals surface area (Å²) in [6, 6.07) is 22.7. The summed E-state index contributed by atoms with van der Waals surface area (Å²) in [5.41, 5.74) is 3.06. The molecule has 1 N–H and O–H groups in total. The fraction of sp³-hybridized carbons (Fsp3) is 0.0435. The molecule has 5 nitrogen and oxygen atoms in total. The first-order chi connectivity index (χ1) is 14.2. The summed E-state index contributed by atoms with van der Waals surface area (Å²) in [6.45, 7) is 0. The van der Waals surface area contributed by atoms with Gasteiger partial charge >= 0.3 is 0 Å². The van der Waals surface area contributed by atoms with Crippen molar-refractivity contribution >= 4 is 33.4 Å². The average Bonchev–Trinajstić information content (AvgIpc) is 2.74. The fourth-order valence-electron chi connectivity index (χ4n) is 3.41. The Balaban J connectivity index is 1.66. The summed E-state index contributed by atoms with van der Waals surface area (Å²) in [5.74, 6) is 1.11. The number of benzene rings is 3. The minimum absolute atomic E-state index is 0.165. The Morgan fingerprint density at radius 1 is 0.793 bits per heavy atom. The topological polar surface area (TPSA) is 71.5 Å². The van der Waals surface area contributed by atoms with E-state index in [-0.39, 0.29) is 5.56 Å². The smallest absolute Gasteiger partial charge is 0.258 e. The van der Waals surface area contributed by atoms with E-state index in [0.29, 0.717) is 34.0 Å². The number of hydrogen-bond donors (Lipinski definition) is 1. The molecule has 0 saturated heterocycles. The van der Waals surface area contributed by atoms with Crippen LogP contribution in [0.25, 0.3) is 33.1 Å². The minimum Gasteiger partial charge on any atom is -0.310 e. The third-order valence-electron chi connectivity index (χ3n) is 4.74. The lowest BCUT2D eigenvalue weighted by Gasteiger charge is -2.10. The third kappa shape index (κ3) is 3.37. The first-order valence-electron chi connectivity index (χ1n) is 9.17. The van der Waals surface area contributed by atoms with Gasteiger partial charge in [-0.25, -0.2) is 15.0 Å². The predicted molar refractivity (Wildman–Crippen MR) is 115 cm³/mol. The molecular formula is C23H15ClN4O. The van der Waals surface area contributed by atoms with Crippen molar-refractivity contribution in [1.82, 2.24) is 19.9 Å². The zero-order chi connectivity index (χ0) is 19.8. The molecule has 5 rings (SSSR count). The van der Waals surface area contributed by atoms with Crippen LogP contribution in [0.2, 0.25) is 5.02 Å². The average molecular weight is 399 g/mol. The van der Waals surface area contributed by atoms with Crippen molar-refractivity contribution in [3.05, 3.63) is 99.8 Å². The molecule has 0 radical (unpaired) electrons. The highest BCUT2D eigenvalue weighted by molar-refractivity contribution is 6.31. The zero-order valence-corrected chi connectivity index (χ0v) is 16.0. The summed E-state index contributed by atoms with van der Waals surface area (Å²) in [4.78, 5) is 29.3. The molecule has 2 heterocycles. The Labute approximate surface area is 171 Å². The van der Waals surface area contributed by atoms with E-state index >= 15 is 0 Å². The number of rotatable bonds is 3. The second-order valence-corrected chi connectivity index (χ2v) is 7.16. The molecule has 3 aromatic carbocycles. The molecule has 0 atom stereocenters. The molecule has 5 aromatic rings. The van der Waals surface area contributed by atoms with Crippen LogP contribution >= 0.6 is 11.6 Å². The number of fused-ring (bicyclic) bond motifs is 2. The van der Waals surface area contributed by atoms with Gasteiger partial charge in [0.1, 0.15) is 11.6 Å². The Kier molecular flexibility index (Phi) is 4.30. The van der Waals surface area contributed by atoms with Crippen LogP contribution in [0.5, 0.6) is 0 Å². The first-order valence-corrected chi connectivity index (χ1v) is 9.55. The third-order valence-corrected chi connectivity index (χ3v) is 4.97. The number of para-hydroxylation sites is 1. The lowest BCUT2D eigenvalue weighted by molar-refractivity contribution is 0.904. The maximum Gasteiger partial charge on any atom is 0.258 e. The fourth-order valence-corrected chi connectivity index (χ4v) is 3.58. The Hall–Kier alpha value is -3.57. The van der Waals surface area contributed by atoms with Crippen LogP contribution < -0.4 is 5.56 Å². The summed E-state index contributed by atoms with van der Waals surface area (Å²) >= 11 is 6.22. The quantitative estimate of drug-likeness (QED) is 0.475. The molecule has 0 aliphatic rings. The van der Waals surface area contributed by atoms with Crippen LogP contribution in [-0.2, 0) is 6.42 Å². The van der Waals surface area contributed by atoms with Crippen LogP contribution in [0.4, 0.5) is 0 Å². The number of nitrogens with one attached hydrogen (secondary N) is 1.